The van der Waals surface area contributed by atoms with Crippen LogP contribution in [0.15, 0.2) is 24.3 Å². The van der Waals surface area contributed by atoms with Crippen molar-refractivity contribution in [1.29, 1.82) is 0 Å². The van der Waals surface area contributed by atoms with Crippen LogP contribution < -0.4 is 0 Å². The van der Waals surface area contributed by atoms with E-state index in [1.165, 1.54) is 18.6 Å². The van der Waals surface area contributed by atoms with Crippen LogP contribution in [-0.2, 0) is 0 Å². The molecule has 19 heavy (non-hydrogen) atoms. The van der Waals surface area contributed by atoms with Crippen LogP contribution in [0.3, 0.4) is 0 Å². The quantitative estimate of drug-likeness (QED) is 0.840. The molecule has 1 aliphatic rings. The van der Waals surface area contributed by atoms with E-state index in [4.69, 9.17) is 0 Å². The fraction of sp³-hybridized carbons (Fsp3) is 0.625. The normalized spacial score (nSPS) is 29.5. The summed E-state index contributed by atoms with van der Waals surface area (Å²) in [6, 6.07) is 6.10. The van der Waals surface area contributed by atoms with Crippen molar-refractivity contribution < 1.29 is 13.9 Å². The second kappa shape index (κ2) is 6.00. The molecule has 0 amide bonds. The lowest BCUT2D eigenvalue weighted by molar-refractivity contribution is 0.0551. The Morgan fingerprint density at radius 2 is 1.42 bits per heavy atom. The Bertz CT molecular complexity index is 392. The number of hydrogen-bond donors (Lipinski definition) is 1. The Morgan fingerprint density at radius 1 is 0.947 bits per heavy atom. The van der Waals surface area contributed by atoms with Crippen molar-refractivity contribution >= 4 is 0 Å². The molecule has 106 valence electrons. The van der Waals surface area contributed by atoms with Crippen molar-refractivity contribution in [2.45, 2.75) is 45.6 Å². The van der Waals surface area contributed by atoms with Gasteiger partial charge < -0.3 is 5.11 Å². The van der Waals surface area contributed by atoms with Gasteiger partial charge in [0.05, 0.1) is 6.10 Å². The highest BCUT2D eigenvalue weighted by molar-refractivity contribution is 5.25. The molecule has 2 rings (SSSR count). The summed E-state index contributed by atoms with van der Waals surface area (Å²) in [5.74, 6) is 1.50. The number of hydrogen-bond acceptors (Lipinski definition) is 1. The molecule has 1 fully saturated rings. The van der Waals surface area contributed by atoms with Gasteiger partial charge in [0.15, 0.2) is 0 Å². The first-order chi connectivity index (χ1) is 8.97. The zero-order valence-corrected chi connectivity index (χ0v) is 11.5. The van der Waals surface area contributed by atoms with Gasteiger partial charge in [0.1, 0.15) is 0 Å². The van der Waals surface area contributed by atoms with Gasteiger partial charge in [-0.2, -0.15) is 0 Å². The molecule has 1 N–H and O–H groups in total. The Labute approximate surface area is 113 Å². The number of alkyl halides is 2. The molecule has 1 saturated carbocycles. The monoisotopic (exact) mass is 268 g/mol. The number of rotatable bonds is 3. The van der Waals surface area contributed by atoms with Gasteiger partial charge >= 0.3 is 0 Å². The lowest BCUT2D eigenvalue weighted by atomic mass is 9.73. The van der Waals surface area contributed by atoms with Crippen molar-refractivity contribution in [2.75, 3.05) is 0 Å². The Hall–Kier alpha value is -0.960. The van der Waals surface area contributed by atoms with Crippen LogP contribution in [0.2, 0.25) is 0 Å². The van der Waals surface area contributed by atoms with E-state index in [-0.39, 0.29) is 11.5 Å². The maximum Gasteiger partial charge on any atom is 0.263 e. The molecule has 0 spiro atoms. The summed E-state index contributed by atoms with van der Waals surface area (Å²) in [4.78, 5) is 0. The van der Waals surface area contributed by atoms with Crippen LogP contribution in [0.5, 0.6) is 0 Å². The summed E-state index contributed by atoms with van der Waals surface area (Å²) in [5, 5.41) is 10.4. The van der Waals surface area contributed by atoms with Crippen LogP contribution in [0.1, 0.15) is 56.8 Å². The minimum atomic E-state index is -2.44. The van der Waals surface area contributed by atoms with Crippen LogP contribution in [0, 0.1) is 17.8 Å². The molecule has 3 heteroatoms. The predicted molar refractivity (Wildman–Crippen MR) is 72.0 cm³/mol. The van der Waals surface area contributed by atoms with Crippen molar-refractivity contribution in [3.8, 4) is 0 Å². The average Bonchev–Trinajstić information content (AvgIpc) is 2.37. The lowest BCUT2D eigenvalue weighted by Crippen LogP contribution is -2.24. The van der Waals surface area contributed by atoms with Gasteiger partial charge in [-0.3, -0.25) is 0 Å². The van der Waals surface area contributed by atoms with E-state index in [1.54, 1.807) is 12.1 Å². The molecule has 1 aliphatic carbocycles. The first kappa shape index (κ1) is 14.4. The van der Waals surface area contributed by atoms with E-state index in [0.29, 0.717) is 11.8 Å². The van der Waals surface area contributed by atoms with Gasteiger partial charge in [0.25, 0.3) is 6.43 Å². The van der Waals surface area contributed by atoms with Crippen LogP contribution in [-0.4, -0.2) is 5.11 Å². The van der Waals surface area contributed by atoms with E-state index in [1.807, 2.05) is 0 Å². The van der Waals surface area contributed by atoms with E-state index in [2.05, 4.69) is 13.8 Å². The van der Waals surface area contributed by atoms with Gasteiger partial charge in [-0.1, -0.05) is 38.1 Å². The zero-order chi connectivity index (χ0) is 14.0. The van der Waals surface area contributed by atoms with Crippen molar-refractivity contribution in [1.82, 2.24) is 0 Å². The van der Waals surface area contributed by atoms with Crippen LogP contribution >= 0.6 is 0 Å². The molecule has 1 aromatic carbocycles. The van der Waals surface area contributed by atoms with Gasteiger partial charge in [0.2, 0.25) is 0 Å². The SMILES string of the molecule is CC1CC(C)CC(C(O)c2ccc(C(F)F)cc2)C1. The summed E-state index contributed by atoms with van der Waals surface area (Å²) < 4.78 is 25.0. The number of benzene rings is 1. The van der Waals surface area contributed by atoms with Gasteiger partial charge in [-0.25, -0.2) is 8.78 Å². The first-order valence-electron chi connectivity index (χ1n) is 7.03. The Morgan fingerprint density at radius 3 is 1.89 bits per heavy atom. The topological polar surface area (TPSA) is 20.2 Å². The molecule has 0 aromatic heterocycles. The smallest absolute Gasteiger partial charge is 0.263 e. The van der Waals surface area contributed by atoms with Gasteiger partial charge in [-0.05, 0) is 42.6 Å². The summed E-state index contributed by atoms with van der Waals surface area (Å²) in [5.41, 5.74) is 0.775. The zero-order valence-electron chi connectivity index (χ0n) is 11.5. The highest BCUT2D eigenvalue weighted by Crippen LogP contribution is 2.39. The molecule has 3 unspecified atom stereocenters. The summed E-state index contributed by atoms with van der Waals surface area (Å²) in [6.45, 7) is 4.44. The molecule has 0 aliphatic heterocycles. The van der Waals surface area contributed by atoms with Crippen molar-refractivity contribution in [3.63, 3.8) is 0 Å². The maximum absolute atomic E-state index is 12.5. The second-order valence-corrected chi connectivity index (χ2v) is 6.09. The molecular formula is C16H22F2O. The third kappa shape index (κ3) is 3.53. The van der Waals surface area contributed by atoms with Crippen molar-refractivity contribution in [3.05, 3.63) is 35.4 Å². The molecule has 0 heterocycles. The molecule has 0 saturated heterocycles. The molecule has 3 atom stereocenters. The van der Waals surface area contributed by atoms with E-state index in [9.17, 15) is 13.9 Å². The third-order valence-corrected chi connectivity index (χ3v) is 4.19. The van der Waals surface area contributed by atoms with Crippen LogP contribution in [0.25, 0.3) is 0 Å². The Kier molecular flexibility index (Phi) is 4.56. The fourth-order valence-electron chi connectivity index (χ4n) is 3.38. The minimum Gasteiger partial charge on any atom is -0.388 e. The van der Waals surface area contributed by atoms with Crippen molar-refractivity contribution in [2.24, 2.45) is 17.8 Å². The molecule has 1 nitrogen and oxygen atoms in total. The fourth-order valence-corrected chi connectivity index (χ4v) is 3.38. The highest BCUT2D eigenvalue weighted by Gasteiger charge is 2.29. The maximum atomic E-state index is 12.5. The Balaban J connectivity index is 2.08. The lowest BCUT2D eigenvalue weighted by Gasteiger charge is -2.34. The number of aliphatic hydroxyl groups is 1. The average molecular weight is 268 g/mol. The van der Waals surface area contributed by atoms with Gasteiger partial charge in [0, 0.05) is 5.56 Å². The molecular weight excluding hydrogens is 246 g/mol. The predicted octanol–water partition coefficient (Wildman–Crippen LogP) is 4.73. The summed E-state index contributed by atoms with van der Waals surface area (Å²) >= 11 is 0. The standard InChI is InChI=1S/C16H22F2O/c1-10-7-11(2)9-14(8-10)15(19)12-3-5-13(6-4-12)16(17)18/h3-6,10-11,14-16,19H,7-9H2,1-2H3. The second-order valence-electron chi connectivity index (χ2n) is 6.09. The van der Waals surface area contributed by atoms with E-state index >= 15 is 0 Å². The number of halogens is 2. The van der Waals surface area contributed by atoms with Gasteiger partial charge in [-0.15, -0.1) is 0 Å². The van der Waals surface area contributed by atoms with E-state index in [0.717, 1.165) is 18.4 Å². The van der Waals surface area contributed by atoms with E-state index < -0.39 is 12.5 Å². The summed E-state index contributed by atoms with van der Waals surface area (Å²) in [7, 11) is 0. The summed E-state index contributed by atoms with van der Waals surface area (Å²) in [6.07, 6.45) is 0.274. The molecule has 0 radical (unpaired) electrons. The highest BCUT2D eigenvalue weighted by atomic mass is 19.3. The van der Waals surface area contributed by atoms with Crippen LogP contribution in [0.4, 0.5) is 8.78 Å². The molecule has 1 aromatic rings. The largest absolute Gasteiger partial charge is 0.388 e. The number of aliphatic hydroxyl groups excluding tert-OH is 1. The first-order valence-corrected chi connectivity index (χ1v) is 7.03. The molecule has 0 bridgehead atoms. The minimum absolute atomic E-state index is 0.0151. The third-order valence-electron chi connectivity index (χ3n) is 4.19.